The lowest BCUT2D eigenvalue weighted by Gasteiger charge is -2.21. The van der Waals surface area contributed by atoms with Crippen LogP contribution in [-0.4, -0.2) is 29.1 Å². The van der Waals surface area contributed by atoms with Crippen molar-refractivity contribution in [3.63, 3.8) is 0 Å². The summed E-state index contributed by atoms with van der Waals surface area (Å²) in [6.07, 6.45) is 3.42. The first-order valence-corrected chi connectivity index (χ1v) is 10.1. The van der Waals surface area contributed by atoms with Crippen molar-refractivity contribution in [3.8, 4) is 5.88 Å². The fraction of sp³-hybridized carbons (Fsp3) is 0.375. The van der Waals surface area contributed by atoms with Gasteiger partial charge in [-0.25, -0.2) is 4.98 Å². The van der Waals surface area contributed by atoms with Crippen LogP contribution in [0.2, 0.25) is 0 Å². The highest BCUT2D eigenvalue weighted by atomic mass is 16.5. The van der Waals surface area contributed by atoms with Gasteiger partial charge in [-0.1, -0.05) is 55.5 Å². The summed E-state index contributed by atoms with van der Waals surface area (Å²) in [5, 5.41) is 1.22. The van der Waals surface area contributed by atoms with E-state index in [0.717, 1.165) is 50.3 Å². The van der Waals surface area contributed by atoms with Crippen molar-refractivity contribution < 1.29 is 4.74 Å². The molecule has 2 heterocycles. The minimum atomic E-state index is 0.154. The maximum Gasteiger partial charge on any atom is 0.218 e. The van der Waals surface area contributed by atoms with E-state index in [2.05, 4.69) is 73.3 Å². The van der Waals surface area contributed by atoms with E-state index in [4.69, 9.17) is 9.72 Å². The molecule has 0 saturated carbocycles. The van der Waals surface area contributed by atoms with Gasteiger partial charge in [0.2, 0.25) is 5.88 Å². The highest BCUT2D eigenvalue weighted by Gasteiger charge is 2.22. The summed E-state index contributed by atoms with van der Waals surface area (Å²) in [6, 6.07) is 19.5. The Balaban J connectivity index is 1.52. The lowest BCUT2D eigenvalue weighted by Crippen LogP contribution is -2.31. The number of aromatic nitrogens is 1. The second-order valence-electron chi connectivity index (χ2n) is 7.55. The van der Waals surface area contributed by atoms with Gasteiger partial charge in [0, 0.05) is 24.0 Å². The molecule has 0 spiro atoms. The zero-order valence-electron chi connectivity index (χ0n) is 16.3. The van der Waals surface area contributed by atoms with Crippen LogP contribution in [0.25, 0.3) is 10.9 Å². The van der Waals surface area contributed by atoms with Crippen molar-refractivity contribution in [2.75, 3.05) is 13.1 Å². The molecule has 3 aromatic rings. The number of ether oxygens (including phenoxy) is 1. The smallest absolute Gasteiger partial charge is 0.218 e. The lowest BCUT2D eigenvalue weighted by molar-refractivity contribution is 0.156. The highest BCUT2D eigenvalue weighted by molar-refractivity contribution is 5.83. The molecule has 0 N–H and O–H groups in total. The summed E-state index contributed by atoms with van der Waals surface area (Å²) < 4.78 is 6.21. The third kappa shape index (κ3) is 4.14. The third-order valence-electron chi connectivity index (χ3n) is 5.35. The van der Waals surface area contributed by atoms with Gasteiger partial charge in [-0.15, -0.1) is 0 Å². The molecule has 1 aliphatic heterocycles. The Hall–Kier alpha value is -2.39. The summed E-state index contributed by atoms with van der Waals surface area (Å²) in [5.41, 5.74) is 5.00. The predicted octanol–water partition coefficient (Wildman–Crippen LogP) is 5.01. The maximum atomic E-state index is 6.21. The molecular weight excluding hydrogens is 332 g/mol. The molecule has 2 aromatic carbocycles. The van der Waals surface area contributed by atoms with Gasteiger partial charge >= 0.3 is 0 Å². The van der Waals surface area contributed by atoms with Crippen LogP contribution in [0.5, 0.6) is 5.88 Å². The zero-order chi connectivity index (χ0) is 18.6. The van der Waals surface area contributed by atoms with E-state index in [-0.39, 0.29) is 6.10 Å². The summed E-state index contributed by atoms with van der Waals surface area (Å²) in [4.78, 5) is 7.42. The molecule has 4 rings (SSSR count). The Labute approximate surface area is 162 Å². The van der Waals surface area contributed by atoms with Crippen LogP contribution < -0.4 is 4.74 Å². The first-order valence-electron chi connectivity index (χ1n) is 10.1. The zero-order valence-corrected chi connectivity index (χ0v) is 16.3. The van der Waals surface area contributed by atoms with Crippen molar-refractivity contribution in [1.29, 1.82) is 0 Å². The van der Waals surface area contributed by atoms with Crippen molar-refractivity contribution >= 4 is 10.9 Å². The van der Waals surface area contributed by atoms with Crippen LogP contribution in [0.1, 0.15) is 37.0 Å². The lowest BCUT2D eigenvalue weighted by atomic mass is 10.1. The molecule has 140 valence electrons. The average Bonchev–Trinajstić information content (AvgIpc) is 2.83. The van der Waals surface area contributed by atoms with Gasteiger partial charge < -0.3 is 4.74 Å². The van der Waals surface area contributed by atoms with Gasteiger partial charge in [-0.05, 0) is 49.9 Å². The van der Waals surface area contributed by atoms with Gasteiger partial charge in [0.1, 0.15) is 6.10 Å². The van der Waals surface area contributed by atoms with Crippen LogP contribution >= 0.6 is 0 Å². The summed E-state index contributed by atoms with van der Waals surface area (Å²) in [5.74, 6) is 0.821. The van der Waals surface area contributed by atoms with Gasteiger partial charge in [0.15, 0.2) is 0 Å². The van der Waals surface area contributed by atoms with E-state index in [1.165, 1.54) is 22.1 Å². The molecule has 0 saturated heterocycles. The fourth-order valence-corrected chi connectivity index (χ4v) is 4.01. The third-order valence-corrected chi connectivity index (χ3v) is 5.35. The number of hydrogen-bond donors (Lipinski definition) is 0. The maximum absolute atomic E-state index is 6.21. The molecule has 0 amide bonds. The van der Waals surface area contributed by atoms with Crippen molar-refractivity contribution in [2.45, 2.75) is 45.8 Å². The molecule has 3 nitrogen and oxygen atoms in total. The van der Waals surface area contributed by atoms with E-state index < -0.39 is 0 Å². The van der Waals surface area contributed by atoms with Crippen LogP contribution in [0.3, 0.4) is 0 Å². The molecule has 1 aromatic heterocycles. The average molecular weight is 361 g/mol. The van der Waals surface area contributed by atoms with Crippen molar-refractivity contribution in [2.24, 2.45) is 0 Å². The number of benzene rings is 2. The molecule has 0 fully saturated rings. The molecule has 0 aliphatic carbocycles. The van der Waals surface area contributed by atoms with E-state index in [1.54, 1.807) is 0 Å². The minimum absolute atomic E-state index is 0.154. The monoisotopic (exact) mass is 360 g/mol. The summed E-state index contributed by atoms with van der Waals surface area (Å²) in [7, 11) is 0. The van der Waals surface area contributed by atoms with Gasteiger partial charge in [-0.3, -0.25) is 4.90 Å². The van der Waals surface area contributed by atoms with Gasteiger partial charge in [0.25, 0.3) is 0 Å². The number of nitrogens with zero attached hydrogens (tertiary/aromatic N) is 2. The normalized spacial score (nSPS) is 17.3. The predicted molar refractivity (Wildman–Crippen MR) is 111 cm³/mol. The quantitative estimate of drug-likeness (QED) is 0.639. The van der Waals surface area contributed by atoms with Gasteiger partial charge in [0.05, 0.1) is 5.52 Å². The van der Waals surface area contributed by atoms with Crippen LogP contribution in [0.4, 0.5) is 0 Å². The van der Waals surface area contributed by atoms with E-state index in [0.29, 0.717) is 0 Å². The van der Waals surface area contributed by atoms with E-state index in [9.17, 15) is 0 Å². The number of pyridine rings is 1. The first kappa shape index (κ1) is 18.0. The molecule has 0 bridgehead atoms. The van der Waals surface area contributed by atoms with Crippen LogP contribution in [0, 0.1) is 0 Å². The summed E-state index contributed by atoms with van der Waals surface area (Å²) >= 11 is 0. The van der Waals surface area contributed by atoms with Crippen molar-refractivity contribution in [3.05, 3.63) is 71.3 Å². The molecule has 0 unspecified atom stereocenters. The number of hydrogen-bond acceptors (Lipinski definition) is 3. The number of fused-ring (bicyclic) bond motifs is 2. The summed E-state index contributed by atoms with van der Waals surface area (Å²) in [6.45, 7) is 7.27. The second kappa shape index (κ2) is 8.10. The SMILES string of the molecule is CCc1cccc2cc3c(nc12)O[C@@H](C)CN(CCCc1ccccc1)C3. The Bertz CT molecular complexity index is 907. The standard InChI is InChI=1S/C24H28N2O/c1-3-20-12-7-13-21-15-22-17-26(14-8-11-19-9-5-4-6-10-19)16-18(2)27-24(22)25-23(20)21/h4-7,9-10,12-13,15,18H,3,8,11,14,16-17H2,1-2H3/t18-/m0/s1. The minimum Gasteiger partial charge on any atom is -0.473 e. The molecule has 1 atom stereocenters. The van der Waals surface area contributed by atoms with Crippen LogP contribution in [-0.2, 0) is 19.4 Å². The van der Waals surface area contributed by atoms with E-state index >= 15 is 0 Å². The number of aryl methyl sites for hydroxylation is 2. The molecule has 27 heavy (non-hydrogen) atoms. The number of rotatable bonds is 5. The highest BCUT2D eigenvalue weighted by Crippen LogP contribution is 2.29. The Morgan fingerprint density at radius 3 is 2.78 bits per heavy atom. The molecule has 1 aliphatic rings. The number of para-hydroxylation sites is 1. The fourth-order valence-electron chi connectivity index (χ4n) is 4.01. The van der Waals surface area contributed by atoms with Crippen molar-refractivity contribution in [1.82, 2.24) is 9.88 Å². The van der Waals surface area contributed by atoms with E-state index in [1.807, 2.05) is 0 Å². The topological polar surface area (TPSA) is 25.4 Å². The second-order valence-corrected chi connectivity index (χ2v) is 7.55. The largest absolute Gasteiger partial charge is 0.473 e. The Morgan fingerprint density at radius 1 is 1.11 bits per heavy atom. The van der Waals surface area contributed by atoms with Gasteiger partial charge in [-0.2, -0.15) is 0 Å². The molecular formula is C24H28N2O. The Kier molecular flexibility index (Phi) is 5.40. The molecule has 3 heteroatoms. The first-order chi connectivity index (χ1) is 13.2. The molecule has 0 radical (unpaired) electrons. The Morgan fingerprint density at radius 2 is 1.96 bits per heavy atom. The van der Waals surface area contributed by atoms with Crippen LogP contribution in [0.15, 0.2) is 54.6 Å².